The number of rotatable bonds is 5. The monoisotopic (exact) mass is 386 g/mol. The predicted octanol–water partition coefficient (Wildman–Crippen LogP) is 4.62. The molecule has 0 aliphatic heterocycles. The summed E-state index contributed by atoms with van der Waals surface area (Å²) in [6.07, 6.45) is 0.845. The number of nitro benzene ring substituents is 1. The van der Waals surface area contributed by atoms with Gasteiger partial charge in [0.1, 0.15) is 17.5 Å². The van der Waals surface area contributed by atoms with Crippen molar-refractivity contribution in [2.45, 2.75) is 12.3 Å². The van der Waals surface area contributed by atoms with Gasteiger partial charge in [0.05, 0.1) is 4.92 Å². The minimum absolute atomic E-state index is 0.0485. The number of phenols is 1. The summed E-state index contributed by atoms with van der Waals surface area (Å²) >= 11 is 0. The molecule has 4 rings (SSSR count). The highest BCUT2D eigenvalue weighted by molar-refractivity contribution is 5.90. The molecule has 0 fully saturated rings. The van der Waals surface area contributed by atoms with Crippen LogP contribution in [0.5, 0.6) is 5.75 Å². The molecule has 144 valence electrons. The Kier molecular flexibility index (Phi) is 4.39. The van der Waals surface area contributed by atoms with Gasteiger partial charge in [0.25, 0.3) is 5.69 Å². The van der Waals surface area contributed by atoms with Crippen molar-refractivity contribution < 1.29 is 14.8 Å². The number of H-pyrrole nitrogens is 1. The lowest BCUT2D eigenvalue weighted by Gasteiger charge is -2.29. The van der Waals surface area contributed by atoms with Crippen LogP contribution < -0.4 is 0 Å². The summed E-state index contributed by atoms with van der Waals surface area (Å²) in [5.41, 5.74) is 2.48. The minimum Gasteiger partial charge on any atom is -0.508 e. The number of benzene rings is 3. The Bertz CT molecular complexity index is 1210. The van der Waals surface area contributed by atoms with Crippen LogP contribution in [-0.4, -0.2) is 21.3 Å². The maximum Gasteiger partial charge on any atom is 0.269 e. The van der Waals surface area contributed by atoms with Gasteiger partial charge in [-0.25, -0.2) is 0 Å². The van der Waals surface area contributed by atoms with Gasteiger partial charge in [0, 0.05) is 28.7 Å². The number of nitro groups is 1. The molecule has 0 spiro atoms. The molecule has 6 nitrogen and oxygen atoms in total. The van der Waals surface area contributed by atoms with Crippen molar-refractivity contribution >= 4 is 22.9 Å². The Balaban J connectivity index is 2.05. The van der Waals surface area contributed by atoms with Gasteiger partial charge < -0.3 is 14.9 Å². The van der Waals surface area contributed by atoms with E-state index < -0.39 is 10.3 Å². The fourth-order valence-electron chi connectivity index (χ4n) is 3.90. The number of non-ortho nitro benzene ring substituents is 1. The number of carbonyl (C=O) groups is 1. The molecule has 1 heterocycles. The van der Waals surface area contributed by atoms with Crippen molar-refractivity contribution in [2.75, 3.05) is 0 Å². The number of phenolic OH excluding ortho intramolecular Hbond substituents is 1. The number of nitrogens with one attached hydrogen (secondary N) is 1. The van der Waals surface area contributed by atoms with Gasteiger partial charge >= 0.3 is 0 Å². The van der Waals surface area contributed by atoms with Crippen molar-refractivity contribution in [3.8, 4) is 5.75 Å². The van der Waals surface area contributed by atoms with Crippen molar-refractivity contribution in [3.63, 3.8) is 0 Å². The number of hydrogen-bond acceptors (Lipinski definition) is 4. The van der Waals surface area contributed by atoms with Crippen molar-refractivity contribution in [3.05, 3.63) is 105 Å². The Hall–Kier alpha value is -3.93. The summed E-state index contributed by atoms with van der Waals surface area (Å²) in [7, 11) is 0. The minimum atomic E-state index is -1.22. The molecule has 29 heavy (non-hydrogen) atoms. The van der Waals surface area contributed by atoms with Crippen molar-refractivity contribution in [1.29, 1.82) is 0 Å². The number of aryl methyl sites for hydroxylation is 1. The summed E-state index contributed by atoms with van der Waals surface area (Å²) in [4.78, 5) is 26.7. The van der Waals surface area contributed by atoms with Crippen LogP contribution in [0.3, 0.4) is 0 Å². The Morgan fingerprint density at radius 1 is 0.966 bits per heavy atom. The predicted molar refractivity (Wildman–Crippen MR) is 110 cm³/mol. The van der Waals surface area contributed by atoms with Crippen LogP contribution >= 0.6 is 0 Å². The number of aromatic amines is 1. The third-order valence-electron chi connectivity index (χ3n) is 5.39. The summed E-state index contributed by atoms with van der Waals surface area (Å²) < 4.78 is 0. The van der Waals surface area contributed by atoms with E-state index in [-0.39, 0.29) is 11.4 Å². The summed E-state index contributed by atoms with van der Waals surface area (Å²) in [6.45, 7) is 1.94. The zero-order valence-corrected chi connectivity index (χ0v) is 15.6. The van der Waals surface area contributed by atoms with Gasteiger partial charge in [-0.2, -0.15) is 0 Å². The number of aromatic hydroxyl groups is 1. The third kappa shape index (κ3) is 2.86. The average Bonchev–Trinajstić information content (AvgIpc) is 3.08. The number of hydrogen-bond donors (Lipinski definition) is 2. The van der Waals surface area contributed by atoms with Gasteiger partial charge in [-0.1, -0.05) is 42.5 Å². The number of carbonyl (C=O) groups excluding carboxylic acids is 1. The van der Waals surface area contributed by atoms with E-state index in [4.69, 9.17) is 0 Å². The number of fused-ring (bicyclic) bond motifs is 1. The molecule has 0 radical (unpaired) electrons. The van der Waals surface area contributed by atoms with Crippen molar-refractivity contribution in [2.24, 2.45) is 0 Å². The maximum absolute atomic E-state index is 12.7. The standard InChI is InChI=1S/C23H18N2O4/c1-15-20-4-2-3-5-21(20)24-22(15)23(14-26,17-8-12-19(27)13-9-17)16-6-10-18(11-7-16)25(28)29/h2-14,24,27H,1H3/t23-/m1/s1. The Morgan fingerprint density at radius 3 is 2.10 bits per heavy atom. The van der Waals surface area contributed by atoms with E-state index in [1.54, 1.807) is 24.3 Å². The van der Waals surface area contributed by atoms with Gasteiger partial charge in [-0.15, -0.1) is 0 Å². The summed E-state index contributed by atoms with van der Waals surface area (Å²) in [5, 5.41) is 21.8. The number of nitrogens with zero attached hydrogens (tertiary/aromatic N) is 1. The summed E-state index contributed by atoms with van der Waals surface area (Å²) in [5.74, 6) is 0.0885. The molecule has 4 aromatic rings. The first-order valence-corrected chi connectivity index (χ1v) is 9.06. The topological polar surface area (TPSA) is 96.2 Å². The molecule has 3 aromatic carbocycles. The lowest BCUT2D eigenvalue weighted by molar-refractivity contribution is -0.384. The van der Waals surface area contributed by atoms with Crippen LogP contribution in [0.4, 0.5) is 5.69 Å². The van der Waals surface area contributed by atoms with Crippen LogP contribution in [-0.2, 0) is 10.2 Å². The van der Waals surface area contributed by atoms with Crippen LogP contribution in [0.1, 0.15) is 22.4 Å². The van der Waals surface area contributed by atoms with E-state index in [2.05, 4.69) is 4.98 Å². The third-order valence-corrected chi connectivity index (χ3v) is 5.39. The van der Waals surface area contributed by atoms with Crippen molar-refractivity contribution in [1.82, 2.24) is 4.98 Å². The van der Waals surface area contributed by atoms with E-state index in [1.165, 1.54) is 24.3 Å². The molecular formula is C23H18N2O4. The van der Waals surface area contributed by atoms with E-state index in [0.717, 1.165) is 22.8 Å². The van der Waals surface area contributed by atoms with Gasteiger partial charge in [0.15, 0.2) is 0 Å². The van der Waals surface area contributed by atoms with E-state index >= 15 is 0 Å². The Labute approximate surface area is 166 Å². The number of aldehydes is 1. The fraction of sp³-hybridized carbons (Fsp3) is 0.0870. The molecule has 0 saturated carbocycles. The Morgan fingerprint density at radius 2 is 1.55 bits per heavy atom. The highest BCUT2D eigenvalue weighted by atomic mass is 16.6. The molecule has 0 aliphatic carbocycles. The normalized spacial score (nSPS) is 13.1. The van der Waals surface area contributed by atoms with Crippen LogP contribution in [0, 0.1) is 17.0 Å². The zero-order valence-electron chi connectivity index (χ0n) is 15.6. The molecule has 2 N–H and O–H groups in total. The van der Waals surface area contributed by atoms with E-state index in [9.17, 15) is 20.0 Å². The molecule has 1 aromatic heterocycles. The summed E-state index contributed by atoms with van der Waals surface area (Å²) in [6, 6.07) is 20.2. The van der Waals surface area contributed by atoms with Gasteiger partial charge in [-0.05, 0) is 41.8 Å². The fourth-order valence-corrected chi connectivity index (χ4v) is 3.90. The molecule has 0 amide bonds. The second kappa shape index (κ2) is 6.91. The average molecular weight is 386 g/mol. The molecule has 6 heteroatoms. The lowest BCUT2D eigenvalue weighted by Crippen LogP contribution is -2.32. The second-order valence-electron chi connectivity index (χ2n) is 6.95. The van der Waals surface area contributed by atoms with Crippen LogP contribution in [0.2, 0.25) is 0 Å². The number of para-hydroxylation sites is 1. The molecule has 0 bridgehead atoms. The first-order chi connectivity index (χ1) is 14.0. The van der Waals surface area contributed by atoms with Gasteiger partial charge in [0.2, 0.25) is 0 Å². The zero-order chi connectivity index (χ0) is 20.6. The molecule has 1 atom stereocenters. The lowest BCUT2D eigenvalue weighted by atomic mass is 9.72. The van der Waals surface area contributed by atoms with Crippen LogP contribution in [0.15, 0.2) is 72.8 Å². The molecule has 0 saturated heterocycles. The highest BCUT2D eigenvalue weighted by Crippen LogP contribution is 2.41. The first kappa shape index (κ1) is 18.4. The SMILES string of the molecule is Cc1c([C@@](C=O)(c2ccc(O)cc2)c2ccc([N+](=O)[O-])cc2)[nH]c2ccccc12. The van der Waals surface area contributed by atoms with E-state index in [1.807, 2.05) is 31.2 Å². The molecule has 0 aliphatic rings. The molecule has 0 unspecified atom stereocenters. The van der Waals surface area contributed by atoms with Gasteiger partial charge in [-0.3, -0.25) is 10.1 Å². The highest BCUT2D eigenvalue weighted by Gasteiger charge is 2.39. The first-order valence-electron chi connectivity index (χ1n) is 9.06. The largest absolute Gasteiger partial charge is 0.508 e. The van der Waals surface area contributed by atoms with Crippen LogP contribution in [0.25, 0.3) is 10.9 Å². The number of aromatic nitrogens is 1. The second-order valence-corrected chi connectivity index (χ2v) is 6.95. The molecular weight excluding hydrogens is 368 g/mol. The smallest absolute Gasteiger partial charge is 0.269 e. The van der Waals surface area contributed by atoms with E-state index in [0.29, 0.717) is 16.8 Å². The maximum atomic E-state index is 12.7. The quantitative estimate of drug-likeness (QED) is 0.297.